The summed E-state index contributed by atoms with van der Waals surface area (Å²) < 4.78 is 3.00. The number of benzene rings is 1. The number of carboxylic acids is 1. The first kappa shape index (κ1) is 13.1. The first-order chi connectivity index (χ1) is 9.65. The van der Waals surface area contributed by atoms with Gasteiger partial charge in [0.25, 0.3) is 0 Å². The smallest absolute Gasteiger partial charge is 0.335 e. The fourth-order valence-electron chi connectivity index (χ4n) is 2.06. The highest BCUT2D eigenvalue weighted by Gasteiger charge is 2.12. The zero-order valence-corrected chi connectivity index (χ0v) is 12.0. The molecule has 1 aromatic carbocycles. The van der Waals surface area contributed by atoms with Crippen molar-refractivity contribution in [3.05, 3.63) is 52.4 Å². The maximum Gasteiger partial charge on any atom is 0.335 e. The van der Waals surface area contributed by atoms with E-state index in [0.29, 0.717) is 5.02 Å². The maximum absolute atomic E-state index is 11.0. The molecule has 2 aromatic heterocycles. The van der Waals surface area contributed by atoms with Gasteiger partial charge in [0.1, 0.15) is 0 Å². The highest BCUT2D eigenvalue weighted by molar-refractivity contribution is 7.19. The summed E-state index contributed by atoms with van der Waals surface area (Å²) in [6, 6.07) is 5.06. The van der Waals surface area contributed by atoms with E-state index in [4.69, 9.17) is 16.7 Å². The van der Waals surface area contributed by atoms with E-state index in [1.807, 2.05) is 16.8 Å². The van der Waals surface area contributed by atoms with Gasteiger partial charge in [-0.25, -0.2) is 9.78 Å². The zero-order chi connectivity index (χ0) is 14.1. The van der Waals surface area contributed by atoms with Gasteiger partial charge >= 0.3 is 5.97 Å². The molecule has 0 unspecified atom stereocenters. The van der Waals surface area contributed by atoms with Gasteiger partial charge in [-0.1, -0.05) is 11.6 Å². The van der Waals surface area contributed by atoms with Crippen LogP contribution >= 0.6 is 22.9 Å². The minimum absolute atomic E-state index is 0.262. The van der Waals surface area contributed by atoms with Gasteiger partial charge in [0.15, 0.2) is 0 Å². The van der Waals surface area contributed by atoms with Crippen molar-refractivity contribution in [2.75, 3.05) is 0 Å². The Hall–Kier alpha value is -1.85. The van der Waals surface area contributed by atoms with Gasteiger partial charge in [-0.2, -0.15) is 0 Å². The SMILES string of the molecule is O=C(O)c1ccc2sc(CCn3ccnc3)c(Cl)c2c1. The van der Waals surface area contributed by atoms with Crippen LogP contribution in [-0.4, -0.2) is 20.6 Å². The van der Waals surface area contributed by atoms with Gasteiger partial charge in [0.05, 0.1) is 16.9 Å². The first-order valence-corrected chi connectivity index (χ1v) is 7.24. The summed E-state index contributed by atoms with van der Waals surface area (Å²) in [5.74, 6) is -0.936. The summed E-state index contributed by atoms with van der Waals surface area (Å²) >= 11 is 7.97. The molecule has 4 nitrogen and oxygen atoms in total. The number of hydrogen-bond acceptors (Lipinski definition) is 3. The Morgan fingerprint density at radius 3 is 3.00 bits per heavy atom. The molecule has 0 aliphatic rings. The van der Waals surface area contributed by atoms with Crippen LogP contribution in [0.3, 0.4) is 0 Å². The van der Waals surface area contributed by atoms with Crippen LogP contribution in [-0.2, 0) is 13.0 Å². The summed E-state index contributed by atoms with van der Waals surface area (Å²) in [5, 5.41) is 10.5. The molecule has 0 radical (unpaired) electrons. The topological polar surface area (TPSA) is 55.1 Å². The Labute approximate surface area is 124 Å². The molecule has 102 valence electrons. The molecule has 0 saturated heterocycles. The highest BCUT2D eigenvalue weighted by atomic mass is 35.5. The molecule has 0 aliphatic carbocycles. The van der Waals surface area contributed by atoms with Crippen molar-refractivity contribution in [3.8, 4) is 0 Å². The van der Waals surface area contributed by atoms with Crippen LogP contribution in [0, 0.1) is 0 Å². The van der Waals surface area contributed by atoms with E-state index in [9.17, 15) is 4.79 Å². The van der Waals surface area contributed by atoms with Crippen LogP contribution in [0.2, 0.25) is 5.02 Å². The summed E-state index contributed by atoms with van der Waals surface area (Å²) in [6.45, 7) is 0.804. The number of rotatable bonds is 4. The monoisotopic (exact) mass is 306 g/mol. The number of thiophene rings is 1. The number of aromatic nitrogens is 2. The second-order valence-electron chi connectivity index (χ2n) is 4.41. The quantitative estimate of drug-likeness (QED) is 0.799. The lowest BCUT2D eigenvalue weighted by Gasteiger charge is -2.00. The van der Waals surface area contributed by atoms with Gasteiger partial charge < -0.3 is 9.67 Å². The number of nitrogens with zero attached hydrogens (tertiary/aromatic N) is 2. The van der Waals surface area contributed by atoms with Gasteiger partial charge in [0, 0.05) is 40.3 Å². The number of aromatic carboxylic acids is 1. The van der Waals surface area contributed by atoms with E-state index in [1.54, 1.807) is 36.0 Å². The number of aryl methyl sites for hydroxylation is 2. The van der Waals surface area contributed by atoms with Crippen LogP contribution in [0.4, 0.5) is 0 Å². The Balaban J connectivity index is 1.92. The average molecular weight is 307 g/mol. The number of imidazole rings is 1. The fourth-order valence-corrected chi connectivity index (χ4v) is 3.55. The fraction of sp³-hybridized carbons (Fsp3) is 0.143. The van der Waals surface area contributed by atoms with E-state index in [2.05, 4.69) is 4.98 Å². The minimum Gasteiger partial charge on any atom is -0.478 e. The van der Waals surface area contributed by atoms with Gasteiger partial charge in [-0.3, -0.25) is 0 Å². The molecule has 3 rings (SSSR count). The summed E-state index contributed by atoms with van der Waals surface area (Å²) in [4.78, 5) is 16.1. The highest BCUT2D eigenvalue weighted by Crippen LogP contribution is 2.36. The van der Waals surface area contributed by atoms with Crippen molar-refractivity contribution >= 4 is 39.0 Å². The number of hydrogen-bond donors (Lipinski definition) is 1. The van der Waals surface area contributed by atoms with E-state index in [-0.39, 0.29) is 5.56 Å². The molecule has 0 spiro atoms. The number of halogens is 1. The van der Waals surface area contributed by atoms with Crippen molar-refractivity contribution in [2.24, 2.45) is 0 Å². The molecule has 1 N–H and O–H groups in total. The van der Waals surface area contributed by atoms with Gasteiger partial charge in [-0.15, -0.1) is 11.3 Å². The third-order valence-corrected chi connectivity index (χ3v) is 4.87. The molecule has 0 fully saturated rings. The largest absolute Gasteiger partial charge is 0.478 e. The van der Waals surface area contributed by atoms with Crippen LogP contribution in [0.1, 0.15) is 15.2 Å². The normalized spacial score (nSPS) is 11.1. The Kier molecular flexibility index (Phi) is 3.46. The van der Waals surface area contributed by atoms with Crippen LogP contribution < -0.4 is 0 Å². The molecule has 0 aliphatic heterocycles. The van der Waals surface area contributed by atoms with Crippen LogP contribution in [0.25, 0.3) is 10.1 Å². The number of carboxylic acid groups (broad SMARTS) is 1. The second kappa shape index (κ2) is 5.26. The average Bonchev–Trinajstić information content (AvgIpc) is 3.05. The van der Waals surface area contributed by atoms with Gasteiger partial charge in [-0.05, 0) is 18.2 Å². The van der Waals surface area contributed by atoms with Crippen molar-refractivity contribution < 1.29 is 9.90 Å². The standard InChI is InChI=1S/C14H11ClN2O2S/c15-13-10-7-9(14(18)19)1-2-11(10)20-12(13)3-5-17-6-4-16-8-17/h1-2,4,6-8H,3,5H2,(H,18,19). The zero-order valence-electron chi connectivity index (χ0n) is 10.4. The maximum atomic E-state index is 11.0. The van der Waals surface area contributed by atoms with Gasteiger partial charge in [0.2, 0.25) is 0 Å². The van der Waals surface area contributed by atoms with Crippen molar-refractivity contribution in [1.82, 2.24) is 9.55 Å². The van der Waals surface area contributed by atoms with E-state index < -0.39 is 5.97 Å². The summed E-state index contributed by atoms with van der Waals surface area (Å²) in [6.07, 6.45) is 6.22. The molecule has 0 atom stereocenters. The first-order valence-electron chi connectivity index (χ1n) is 6.05. The Bertz CT molecular complexity index is 765. The molecule has 20 heavy (non-hydrogen) atoms. The lowest BCUT2D eigenvalue weighted by atomic mass is 10.1. The van der Waals surface area contributed by atoms with Crippen molar-refractivity contribution in [1.29, 1.82) is 0 Å². The summed E-state index contributed by atoms with van der Waals surface area (Å²) in [5.41, 5.74) is 0.262. The Morgan fingerprint density at radius 1 is 1.45 bits per heavy atom. The van der Waals surface area contributed by atoms with Crippen molar-refractivity contribution in [2.45, 2.75) is 13.0 Å². The minimum atomic E-state index is -0.936. The molecule has 6 heteroatoms. The van der Waals surface area contributed by atoms with Crippen LogP contribution in [0.15, 0.2) is 36.9 Å². The second-order valence-corrected chi connectivity index (χ2v) is 5.92. The molecule has 0 amide bonds. The lowest BCUT2D eigenvalue weighted by Crippen LogP contribution is -1.97. The third-order valence-electron chi connectivity index (χ3n) is 3.10. The molecule has 2 heterocycles. The number of fused-ring (bicyclic) bond motifs is 1. The van der Waals surface area contributed by atoms with E-state index in [1.165, 1.54) is 0 Å². The van der Waals surface area contributed by atoms with E-state index >= 15 is 0 Å². The summed E-state index contributed by atoms with van der Waals surface area (Å²) in [7, 11) is 0. The van der Waals surface area contributed by atoms with Crippen molar-refractivity contribution in [3.63, 3.8) is 0 Å². The molecular weight excluding hydrogens is 296 g/mol. The molecule has 3 aromatic rings. The third kappa shape index (κ3) is 2.42. The molecule has 0 bridgehead atoms. The molecular formula is C14H11ClN2O2S. The predicted molar refractivity (Wildman–Crippen MR) is 79.7 cm³/mol. The molecule has 0 saturated carbocycles. The lowest BCUT2D eigenvalue weighted by molar-refractivity contribution is 0.0697. The van der Waals surface area contributed by atoms with E-state index in [0.717, 1.165) is 27.9 Å². The number of carbonyl (C=O) groups is 1. The van der Waals surface area contributed by atoms with Crippen LogP contribution in [0.5, 0.6) is 0 Å². The predicted octanol–water partition coefficient (Wildman–Crippen LogP) is 3.69. The Morgan fingerprint density at radius 2 is 2.30 bits per heavy atom.